The molecule has 6 aromatic rings. The Morgan fingerprint density at radius 3 is 2.60 bits per heavy atom. The number of hydrogen-bond acceptors (Lipinski definition) is 7. The van der Waals surface area contributed by atoms with Gasteiger partial charge in [-0.05, 0) is 68.3 Å². The number of para-hydroxylation sites is 2. The predicted molar refractivity (Wildman–Crippen MR) is 168 cm³/mol. The second-order valence-electron chi connectivity index (χ2n) is 9.15. The topological polar surface area (TPSA) is 103 Å². The van der Waals surface area contributed by atoms with Gasteiger partial charge in [-0.3, -0.25) is 4.79 Å². The van der Waals surface area contributed by atoms with Crippen molar-refractivity contribution in [3.05, 3.63) is 121 Å². The standard InChI is InChI=1S/C32H20Br2N4O4/c1-40-26-15-22(28(33)29(34)30(26)41-18-21-10-3-2-9-20(21)16-35)17-36-38-31(27-14-19-8-4-7-13-25(19)42-27)37-24-12-6-5-11-23(24)32(38)39/h2-15,17H,18H2,1H3. The van der Waals surface area contributed by atoms with Crippen molar-refractivity contribution in [3.63, 3.8) is 0 Å². The minimum Gasteiger partial charge on any atom is -0.493 e. The molecular formula is C32H20Br2N4O4. The molecule has 0 aliphatic heterocycles. The molecule has 0 saturated carbocycles. The van der Waals surface area contributed by atoms with Crippen molar-refractivity contribution >= 4 is 59.9 Å². The third-order valence-electron chi connectivity index (χ3n) is 6.60. The number of halogens is 2. The summed E-state index contributed by atoms with van der Waals surface area (Å²) in [7, 11) is 1.53. The molecule has 0 radical (unpaired) electrons. The zero-order valence-electron chi connectivity index (χ0n) is 22.0. The largest absolute Gasteiger partial charge is 0.493 e. The van der Waals surface area contributed by atoms with Gasteiger partial charge in [0.05, 0.1) is 40.3 Å². The van der Waals surface area contributed by atoms with E-state index in [0.717, 1.165) is 10.9 Å². The quantitative estimate of drug-likeness (QED) is 0.160. The molecule has 0 fully saturated rings. The summed E-state index contributed by atoms with van der Waals surface area (Å²) in [6, 6.07) is 27.7. The lowest BCUT2D eigenvalue weighted by Gasteiger charge is -2.16. The molecule has 0 unspecified atom stereocenters. The Morgan fingerprint density at radius 1 is 1.02 bits per heavy atom. The second kappa shape index (κ2) is 11.6. The minimum atomic E-state index is -0.342. The van der Waals surface area contributed by atoms with Crippen molar-refractivity contribution < 1.29 is 13.9 Å². The summed E-state index contributed by atoms with van der Waals surface area (Å²) >= 11 is 7.22. The third-order valence-corrected chi connectivity index (χ3v) is 8.74. The molecule has 0 aliphatic carbocycles. The Bertz CT molecular complexity index is 2080. The first-order valence-electron chi connectivity index (χ1n) is 12.7. The van der Waals surface area contributed by atoms with Crippen LogP contribution in [0.3, 0.4) is 0 Å². The molecule has 0 atom stereocenters. The SMILES string of the molecule is COc1cc(C=Nn2c(-c3cc4ccccc4o3)nc3ccccc3c2=O)c(Br)c(Br)c1OCc1ccccc1C#N. The zero-order valence-corrected chi connectivity index (χ0v) is 25.2. The van der Waals surface area contributed by atoms with Gasteiger partial charge in [0.15, 0.2) is 17.3 Å². The molecule has 6 rings (SSSR count). The maximum Gasteiger partial charge on any atom is 0.282 e. The number of aromatic nitrogens is 2. The van der Waals surface area contributed by atoms with Gasteiger partial charge in [0, 0.05) is 21.0 Å². The van der Waals surface area contributed by atoms with E-state index >= 15 is 0 Å². The van der Waals surface area contributed by atoms with E-state index in [0.29, 0.717) is 53.8 Å². The van der Waals surface area contributed by atoms with Gasteiger partial charge in [0.2, 0.25) is 5.82 Å². The van der Waals surface area contributed by atoms with E-state index in [1.54, 1.807) is 36.4 Å². The van der Waals surface area contributed by atoms with Crippen molar-refractivity contribution in [3.8, 4) is 29.2 Å². The van der Waals surface area contributed by atoms with E-state index in [2.05, 4.69) is 43.0 Å². The van der Waals surface area contributed by atoms with Gasteiger partial charge in [-0.2, -0.15) is 15.0 Å². The van der Waals surface area contributed by atoms with Crippen LogP contribution in [0.5, 0.6) is 11.5 Å². The molecule has 42 heavy (non-hydrogen) atoms. The third kappa shape index (κ3) is 5.09. The number of furan rings is 1. The number of nitriles is 1. The number of nitrogens with zero attached hydrogens (tertiary/aromatic N) is 4. The molecule has 4 aromatic carbocycles. The second-order valence-corrected chi connectivity index (χ2v) is 10.7. The molecule has 2 aromatic heterocycles. The van der Waals surface area contributed by atoms with Crippen LogP contribution in [0.4, 0.5) is 0 Å². The first-order chi connectivity index (χ1) is 20.5. The Kier molecular flexibility index (Phi) is 7.61. The monoisotopic (exact) mass is 682 g/mol. The van der Waals surface area contributed by atoms with Gasteiger partial charge < -0.3 is 13.9 Å². The average Bonchev–Trinajstić information content (AvgIpc) is 3.46. The number of ether oxygens (including phenoxy) is 2. The highest BCUT2D eigenvalue weighted by molar-refractivity contribution is 9.13. The Labute approximate surface area is 256 Å². The number of fused-ring (bicyclic) bond motifs is 2. The Balaban J connectivity index is 1.42. The summed E-state index contributed by atoms with van der Waals surface area (Å²) in [6.45, 7) is 0.164. The highest BCUT2D eigenvalue weighted by Crippen LogP contribution is 2.42. The lowest BCUT2D eigenvalue weighted by molar-refractivity contribution is 0.282. The smallest absolute Gasteiger partial charge is 0.282 e. The van der Waals surface area contributed by atoms with Crippen LogP contribution >= 0.6 is 31.9 Å². The summed E-state index contributed by atoms with van der Waals surface area (Å²) in [5, 5.41) is 15.3. The van der Waals surface area contributed by atoms with E-state index < -0.39 is 0 Å². The number of benzene rings is 4. The first-order valence-corrected chi connectivity index (χ1v) is 14.3. The van der Waals surface area contributed by atoms with Crippen LogP contribution in [0, 0.1) is 11.3 Å². The summed E-state index contributed by atoms with van der Waals surface area (Å²) in [5.41, 5.74) is 2.76. The highest BCUT2D eigenvalue weighted by atomic mass is 79.9. The van der Waals surface area contributed by atoms with E-state index in [-0.39, 0.29) is 18.0 Å². The molecule has 0 N–H and O–H groups in total. The molecular weight excluding hydrogens is 664 g/mol. The van der Waals surface area contributed by atoms with Crippen LogP contribution in [-0.4, -0.2) is 23.0 Å². The fraction of sp³-hybridized carbons (Fsp3) is 0.0625. The lowest BCUT2D eigenvalue weighted by atomic mass is 10.1. The summed E-state index contributed by atoms with van der Waals surface area (Å²) < 4.78 is 20.2. The van der Waals surface area contributed by atoms with Crippen molar-refractivity contribution in [2.24, 2.45) is 5.10 Å². The molecule has 2 heterocycles. The molecule has 0 spiro atoms. The first kappa shape index (κ1) is 27.4. The molecule has 206 valence electrons. The molecule has 0 bridgehead atoms. The molecule has 10 heteroatoms. The molecule has 0 saturated heterocycles. The fourth-order valence-electron chi connectivity index (χ4n) is 4.49. The van der Waals surface area contributed by atoms with Crippen LogP contribution in [0.2, 0.25) is 0 Å². The van der Waals surface area contributed by atoms with Crippen molar-refractivity contribution in [1.29, 1.82) is 5.26 Å². The minimum absolute atomic E-state index is 0.164. The fourth-order valence-corrected chi connectivity index (χ4v) is 5.43. The summed E-state index contributed by atoms with van der Waals surface area (Å²) in [6.07, 6.45) is 1.54. The lowest BCUT2D eigenvalue weighted by Crippen LogP contribution is -2.20. The maximum atomic E-state index is 13.6. The van der Waals surface area contributed by atoms with Crippen LogP contribution in [0.15, 0.2) is 108 Å². The Morgan fingerprint density at radius 2 is 1.79 bits per heavy atom. The molecule has 0 amide bonds. The van der Waals surface area contributed by atoms with Crippen molar-refractivity contribution in [1.82, 2.24) is 9.66 Å². The Hall–Kier alpha value is -4.72. The van der Waals surface area contributed by atoms with Crippen molar-refractivity contribution in [2.45, 2.75) is 6.61 Å². The number of rotatable bonds is 7. The molecule has 8 nitrogen and oxygen atoms in total. The van der Waals surface area contributed by atoms with Gasteiger partial charge in [0.1, 0.15) is 12.2 Å². The highest BCUT2D eigenvalue weighted by Gasteiger charge is 2.19. The summed E-state index contributed by atoms with van der Waals surface area (Å²) in [4.78, 5) is 18.4. The van der Waals surface area contributed by atoms with Gasteiger partial charge in [0.25, 0.3) is 5.56 Å². The number of hydrogen-bond donors (Lipinski definition) is 0. The average molecular weight is 684 g/mol. The van der Waals surface area contributed by atoms with Crippen molar-refractivity contribution in [2.75, 3.05) is 7.11 Å². The van der Waals surface area contributed by atoms with E-state index in [9.17, 15) is 10.1 Å². The number of methoxy groups -OCH3 is 1. The van der Waals surface area contributed by atoms with E-state index in [1.165, 1.54) is 18.0 Å². The van der Waals surface area contributed by atoms with Gasteiger partial charge in [-0.15, -0.1) is 0 Å². The van der Waals surface area contributed by atoms with Crippen LogP contribution in [0.1, 0.15) is 16.7 Å². The van der Waals surface area contributed by atoms with Gasteiger partial charge in [-0.25, -0.2) is 4.98 Å². The van der Waals surface area contributed by atoms with Gasteiger partial charge in [-0.1, -0.05) is 48.5 Å². The predicted octanol–water partition coefficient (Wildman–Crippen LogP) is 7.68. The normalized spacial score (nSPS) is 11.3. The van der Waals surface area contributed by atoms with Crippen LogP contribution in [-0.2, 0) is 6.61 Å². The maximum absolute atomic E-state index is 13.6. The van der Waals surface area contributed by atoms with Gasteiger partial charge >= 0.3 is 0 Å². The van der Waals surface area contributed by atoms with E-state index in [4.69, 9.17) is 18.9 Å². The van der Waals surface area contributed by atoms with E-state index in [1.807, 2.05) is 48.5 Å². The summed E-state index contributed by atoms with van der Waals surface area (Å²) in [5.74, 6) is 1.56. The zero-order chi connectivity index (χ0) is 29.2. The van der Waals surface area contributed by atoms with Crippen LogP contribution < -0.4 is 15.0 Å². The van der Waals surface area contributed by atoms with Crippen LogP contribution in [0.25, 0.3) is 33.5 Å². The molecule has 0 aliphatic rings.